The SMILES string of the molecule is CC(=O)c1cccc(OCCCC(=O)N2CCCc3ccccc32)c1. The molecule has 0 unspecified atom stereocenters. The van der Waals surface area contributed by atoms with Crippen molar-refractivity contribution in [2.75, 3.05) is 18.1 Å². The second-order valence-electron chi connectivity index (χ2n) is 6.31. The number of fused-ring (bicyclic) bond motifs is 1. The monoisotopic (exact) mass is 337 g/mol. The lowest BCUT2D eigenvalue weighted by Crippen LogP contribution is -2.35. The fraction of sp³-hybridized carbons (Fsp3) is 0.333. The van der Waals surface area contributed by atoms with Gasteiger partial charge in [-0.05, 0) is 49.9 Å². The molecule has 0 saturated heterocycles. The van der Waals surface area contributed by atoms with E-state index in [1.165, 1.54) is 12.5 Å². The summed E-state index contributed by atoms with van der Waals surface area (Å²) >= 11 is 0. The minimum Gasteiger partial charge on any atom is -0.494 e. The van der Waals surface area contributed by atoms with E-state index in [-0.39, 0.29) is 11.7 Å². The third-order valence-electron chi connectivity index (χ3n) is 4.46. The third-order valence-corrected chi connectivity index (χ3v) is 4.46. The van der Waals surface area contributed by atoms with Gasteiger partial charge in [-0.25, -0.2) is 0 Å². The van der Waals surface area contributed by atoms with E-state index in [0.717, 1.165) is 25.1 Å². The predicted octanol–water partition coefficient (Wildman–Crippen LogP) is 4.03. The van der Waals surface area contributed by atoms with Gasteiger partial charge >= 0.3 is 0 Å². The zero-order valence-electron chi connectivity index (χ0n) is 14.5. The first kappa shape index (κ1) is 17.2. The number of hydrogen-bond donors (Lipinski definition) is 0. The van der Waals surface area contributed by atoms with Crippen LogP contribution >= 0.6 is 0 Å². The van der Waals surface area contributed by atoms with Gasteiger partial charge in [0, 0.05) is 24.2 Å². The van der Waals surface area contributed by atoms with Gasteiger partial charge in [-0.15, -0.1) is 0 Å². The molecule has 0 spiro atoms. The molecule has 1 heterocycles. The molecule has 2 aromatic rings. The summed E-state index contributed by atoms with van der Waals surface area (Å²) in [4.78, 5) is 25.8. The molecule has 1 amide bonds. The molecular formula is C21H23NO3. The molecular weight excluding hydrogens is 314 g/mol. The number of aryl methyl sites for hydroxylation is 1. The molecule has 4 heteroatoms. The summed E-state index contributed by atoms with van der Waals surface area (Å²) in [6, 6.07) is 15.3. The summed E-state index contributed by atoms with van der Waals surface area (Å²) in [6.07, 6.45) is 3.16. The number of anilines is 1. The minimum absolute atomic E-state index is 0.0180. The van der Waals surface area contributed by atoms with Crippen LogP contribution in [0.4, 0.5) is 5.69 Å². The smallest absolute Gasteiger partial charge is 0.227 e. The Hall–Kier alpha value is -2.62. The quantitative estimate of drug-likeness (QED) is 0.591. The van der Waals surface area contributed by atoms with Crippen LogP contribution in [0.5, 0.6) is 5.75 Å². The maximum atomic E-state index is 12.5. The van der Waals surface area contributed by atoms with Crippen molar-refractivity contribution in [2.24, 2.45) is 0 Å². The lowest BCUT2D eigenvalue weighted by atomic mass is 10.0. The van der Waals surface area contributed by atoms with Crippen LogP contribution in [0.3, 0.4) is 0 Å². The summed E-state index contributed by atoms with van der Waals surface area (Å²) in [5.74, 6) is 0.834. The van der Waals surface area contributed by atoms with Crippen molar-refractivity contribution < 1.29 is 14.3 Å². The minimum atomic E-state index is 0.0180. The number of hydrogen-bond acceptors (Lipinski definition) is 3. The predicted molar refractivity (Wildman–Crippen MR) is 98.3 cm³/mol. The van der Waals surface area contributed by atoms with Crippen LogP contribution in [0.15, 0.2) is 48.5 Å². The van der Waals surface area contributed by atoms with E-state index in [0.29, 0.717) is 30.8 Å². The van der Waals surface area contributed by atoms with Gasteiger partial charge in [0.25, 0.3) is 0 Å². The van der Waals surface area contributed by atoms with Crippen molar-refractivity contribution in [3.05, 3.63) is 59.7 Å². The number of carbonyl (C=O) groups excluding carboxylic acids is 2. The van der Waals surface area contributed by atoms with Crippen LogP contribution in [0, 0.1) is 0 Å². The fourth-order valence-corrected chi connectivity index (χ4v) is 3.15. The Kier molecular flexibility index (Phi) is 5.49. The molecule has 4 nitrogen and oxygen atoms in total. The lowest BCUT2D eigenvalue weighted by Gasteiger charge is -2.29. The van der Waals surface area contributed by atoms with Gasteiger partial charge in [-0.1, -0.05) is 30.3 Å². The van der Waals surface area contributed by atoms with Crippen molar-refractivity contribution in [3.63, 3.8) is 0 Å². The number of rotatable bonds is 6. The van der Waals surface area contributed by atoms with Gasteiger partial charge in [-0.2, -0.15) is 0 Å². The first-order valence-electron chi connectivity index (χ1n) is 8.77. The van der Waals surface area contributed by atoms with Crippen molar-refractivity contribution in [3.8, 4) is 5.75 Å². The highest BCUT2D eigenvalue weighted by atomic mass is 16.5. The van der Waals surface area contributed by atoms with Crippen LogP contribution in [-0.2, 0) is 11.2 Å². The largest absolute Gasteiger partial charge is 0.494 e. The van der Waals surface area contributed by atoms with Gasteiger partial charge in [0.15, 0.2) is 5.78 Å². The van der Waals surface area contributed by atoms with Crippen LogP contribution in [0.2, 0.25) is 0 Å². The number of benzene rings is 2. The molecule has 2 aromatic carbocycles. The third kappa shape index (κ3) is 4.27. The molecule has 3 rings (SSSR count). The van der Waals surface area contributed by atoms with Crippen molar-refractivity contribution in [1.82, 2.24) is 0 Å². The summed E-state index contributed by atoms with van der Waals surface area (Å²) < 4.78 is 5.68. The maximum Gasteiger partial charge on any atom is 0.227 e. The Morgan fingerprint density at radius 2 is 1.96 bits per heavy atom. The first-order valence-corrected chi connectivity index (χ1v) is 8.77. The average Bonchev–Trinajstić information content (AvgIpc) is 2.65. The van der Waals surface area contributed by atoms with E-state index < -0.39 is 0 Å². The van der Waals surface area contributed by atoms with Gasteiger partial charge in [0.2, 0.25) is 5.91 Å². The van der Waals surface area contributed by atoms with Crippen molar-refractivity contribution in [1.29, 1.82) is 0 Å². The van der Waals surface area contributed by atoms with E-state index >= 15 is 0 Å². The number of Topliss-reactive ketones (excluding diaryl/α,β-unsaturated/α-hetero) is 1. The highest BCUT2D eigenvalue weighted by Crippen LogP contribution is 2.27. The Bertz CT molecular complexity index is 769. The topological polar surface area (TPSA) is 46.6 Å². The molecule has 130 valence electrons. The number of ether oxygens (including phenoxy) is 1. The number of para-hydroxylation sites is 1. The number of carbonyl (C=O) groups is 2. The molecule has 0 atom stereocenters. The second kappa shape index (κ2) is 7.97. The van der Waals surface area contributed by atoms with E-state index in [4.69, 9.17) is 4.74 Å². The highest BCUT2D eigenvalue weighted by Gasteiger charge is 2.21. The molecule has 1 aliphatic heterocycles. The van der Waals surface area contributed by atoms with Gasteiger partial charge in [0.05, 0.1) is 6.61 Å². The Labute approximate surface area is 148 Å². The van der Waals surface area contributed by atoms with Crippen molar-refractivity contribution in [2.45, 2.75) is 32.6 Å². The van der Waals surface area contributed by atoms with Gasteiger partial charge in [0.1, 0.15) is 5.75 Å². The standard InChI is InChI=1S/C21H23NO3/c1-16(23)18-8-4-10-19(15-18)25-14-6-12-21(24)22-13-5-9-17-7-2-3-11-20(17)22/h2-4,7-8,10-11,15H,5-6,9,12-14H2,1H3. The summed E-state index contributed by atoms with van der Waals surface area (Å²) in [5.41, 5.74) is 2.94. The molecule has 0 N–H and O–H groups in total. The van der Waals surface area contributed by atoms with Gasteiger partial charge < -0.3 is 9.64 Å². The molecule has 0 fully saturated rings. The Morgan fingerprint density at radius 3 is 2.80 bits per heavy atom. The van der Waals surface area contributed by atoms with Crippen LogP contribution in [0.25, 0.3) is 0 Å². The summed E-state index contributed by atoms with van der Waals surface area (Å²) in [5, 5.41) is 0. The average molecular weight is 337 g/mol. The van der Waals surface area contributed by atoms with E-state index in [1.807, 2.05) is 35.2 Å². The van der Waals surface area contributed by atoms with Gasteiger partial charge in [-0.3, -0.25) is 9.59 Å². The van der Waals surface area contributed by atoms with Crippen LogP contribution < -0.4 is 9.64 Å². The highest BCUT2D eigenvalue weighted by molar-refractivity contribution is 5.95. The lowest BCUT2D eigenvalue weighted by molar-refractivity contribution is -0.118. The zero-order chi connectivity index (χ0) is 17.6. The number of ketones is 1. The zero-order valence-corrected chi connectivity index (χ0v) is 14.5. The van der Waals surface area contributed by atoms with Crippen LogP contribution in [0.1, 0.15) is 42.1 Å². The van der Waals surface area contributed by atoms with Crippen LogP contribution in [-0.4, -0.2) is 24.8 Å². The van der Waals surface area contributed by atoms with E-state index in [9.17, 15) is 9.59 Å². The van der Waals surface area contributed by atoms with E-state index in [2.05, 4.69) is 6.07 Å². The summed E-state index contributed by atoms with van der Waals surface area (Å²) in [7, 11) is 0. The van der Waals surface area contributed by atoms with E-state index in [1.54, 1.807) is 12.1 Å². The molecule has 0 aliphatic carbocycles. The molecule has 0 aromatic heterocycles. The maximum absolute atomic E-state index is 12.5. The van der Waals surface area contributed by atoms with Crippen molar-refractivity contribution >= 4 is 17.4 Å². The Balaban J connectivity index is 1.51. The normalized spacial score (nSPS) is 13.2. The first-order chi connectivity index (χ1) is 12.1. The molecule has 1 aliphatic rings. The summed E-state index contributed by atoms with van der Waals surface area (Å²) in [6.45, 7) is 2.79. The number of amides is 1. The molecule has 25 heavy (non-hydrogen) atoms. The second-order valence-corrected chi connectivity index (χ2v) is 6.31. The Morgan fingerprint density at radius 1 is 1.12 bits per heavy atom. The fourth-order valence-electron chi connectivity index (χ4n) is 3.15. The molecule has 0 radical (unpaired) electrons. The molecule has 0 bridgehead atoms. The number of nitrogens with zero attached hydrogens (tertiary/aromatic N) is 1. The molecule has 0 saturated carbocycles.